The second kappa shape index (κ2) is 3.62. The summed E-state index contributed by atoms with van der Waals surface area (Å²) in [5.74, 6) is 0.312. The van der Waals surface area contributed by atoms with Crippen LogP contribution in [0.15, 0.2) is 12.3 Å². The summed E-state index contributed by atoms with van der Waals surface area (Å²) < 4.78 is 0. The third kappa shape index (κ3) is 2.40. The van der Waals surface area contributed by atoms with Gasteiger partial charge in [0.15, 0.2) is 0 Å². The second-order valence-corrected chi connectivity index (χ2v) is 3.08. The highest BCUT2D eigenvalue weighted by Gasteiger charge is 2.10. The lowest BCUT2D eigenvalue weighted by atomic mass is 10.1. The molecule has 0 spiro atoms. The number of nitrogens with zero attached hydrogens (tertiary/aromatic N) is 1. The molecule has 0 aliphatic heterocycles. The summed E-state index contributed by atoms with van der Waals surface area (Å²) in [4.78, 5) is 0. The SMILES string of the molecule is C=C(C(C)C)N(O)C(C)C. The van der Waals surface area contributed by atoms with Crippen molar-refractivity contribution in [3.8, 4) is 0 Å². The smallest absolute Gasteiger partial charge is 0.0503 e. The van der Waals surface area contributed by atoms with Crippen molar-refractivity contribution in [2.75, 3.05) is 0 Å². The van der Waals surface area contributed by atoms with Crippen LogP contribution in [0.3, 0.4) is 0 Å². The summed E-state index contributed by atoms with van der Waals surface area (Å²) in [5.41, 5.74) is 0.773. The van der Waals surface area contributed by atoms with Gasteiger partial charge in [-0.15, -0.1) is 0 Å². The molecular formula is C8H17NO. The van der Waals surface area contributed by atoms with Crippen LogP contribution < -0.4 is 0 Å². The van der Waals surface area contributed by atoms with Crippen LogP contribution in [-0.2, 0) is 0 Å². The largest absolute Gasteiger partial charge is 0.288 e. The molecule has 0 saturated heterocycles. The second-order valence-electron chi connectivity index (χ2n) is 3.08. The molecule has 0 radical (unpaired) electrons. The maximum absolute atomic E-state index is 9.30. The molecule has 2 heteroatoms. The van der Waals surface area contributed by atoms with Gasteiger partial charge in [0.25, 0.3) is 0 Å². The highest BCUT2D eigenvalue weighted by Crippen LogP contribution is 2.12. The Bertz CT molecular complexity index is 118. The zero-order chi connectivity index (χ0) is 8.31. The number of hydrogen-bond donors (Lipinski definition) is 1. The first kappa shape index (κ1) is 9.50. The Labute approximate surface area is 63.1 Å². The van der Waals surface area contributed by atoms with Gasteiger partial charge >= 0.3 is 0 Å². The molecule has 0 amide bonds. The summed E-state index contributed by atoms with van der Waals surface area (Å²) in [7, 11) is 0. The van der Waals surface area contributed by atoms with Gasteiger partial charge in [0.2, 0.25) is 0 Å². The minimum atomic E-state index is 0.120. The molecule has 0 atom stereocenters. The molecule has 10 heavy (non-hydrogen) atoms. The van der Waals surface area contributed by atoms with Crippen LogP contribution in [0.25, 0.3) is 0 Å². The predicted molar refractivity (Wildman–Crippen MR) is 42.7 cm³/mol. The van der Waals surface area contributed by atoms with Gasteiger partial charge in [0, 0.05) is 5.70 Å². The first-order chi connectivity index (χ1) is 4.46. The van der Waals surface area contributed by atoms with E-state index in [4.69, 9.17) is 0 Å². The van der Waals surface area contributed by atoms with Gasteiger partial charge in [-0.1, -0.05) is 20.4 Å². The Hall–Kier alpha value is -0.500. The van der Waals surface area contributed by atoms with Crippen LogP contribution in [0, 0.1) is 5.92 Å². The van der Waals surface area contributed by atoms with Crippen molar-refractivity contribution >= 4 is 0 Å². The van der Waals surface area contributed by atoms with E-state index < -0.39 is 0 Å². The van der Waals surface area contributed by atoms with Crippen molar-refractivity contribution in [3.63, 3.8) is 0 Å². The first-order valence-electron chi connectivity index (χ1n) is 3.63. The van der Waals surface area contributed by atoms with E-state index in [9.17, 15) is 5.21 Å². The van der Waals surface area contributed by atoms with Crippen LogP contribution in [0.5, 0.6) is 0 Å². The summed E-state index contributed by atoms with van der Waals surface area (Å²) in [6.07, 6.45) is 0. The fourth-order valence-electron chi connectivity index (χ4n) is 0.596. The van der Waals surface area contributed by atoms with E-state index in [1.165, 1.54) is 5.06 Å². The van der Waals surface area contributed by atoms with Crippen molar-refractivity contribution in [1.29, 1.82) is 0 Å². The molecule has 0 aromatic carbocycles. The summed E-state index contributed by atoms with van der Waals surface area (Å²) >= 11 is 0. The topological polar surface area (TPSA) is 23.5 Å². The van der Waals surface area contributed by atoms with Crippen LogP contribution in [0.2, 0.25) is 0 Å². The molecule has 0 fully saturated rings. The van der Waals surface area contributed by atoms with Gasteiger partial charge in [0.05, 0.1) is 6.04 Å². The highest BCUT2D eigenvalue weighted by atomic mass is 16.5. The minimum Gasteiger partial charge on any atom is -0.288 e. The first-order valence-corrected chi connectivity index (χ1v) is 3.63. The number of rotatable bonds is 3. The summed E-state index contributed by atoms with van der Waals surface area (Å²) in [5, 5.41) is 10.5. The number of hydroxylamine groups is 2. The monoisotopic (exact) mass is 143 g/mol. The van der Waals surface area contributed by atoms with Crippen molar-refractivity contribution in [2.45, 2.75) is 33.7 Å². The van der Waals surface area contributed by atoms with Crippen LogP contribution in [0.1, 0.15) is 27.7 Å². The Morgan fingerprint density at radius 3 is 1.80 bits per heavy atom. The standard InChI is InChI=1S/C8H17NO/c1-6(2)8(5)9(10)7(3)4/h6-7,10H,5H2,1-4H3. The number of hydrogen-bond acceptors (Lipinski definition) is 2. The average molecular weight is 143 g/mol. The maximum Gasteiger partial charge on any atom is 0.0503 e. The molecule has 0 aromatic rings. The molecule has 2 nitrogen and oxygen atoms in total. The van der Waals surface area contributed by atoms with E-state index in [-0.39, 0.29) is 6.04 Å². The van der Waals surface area contributed by atoms with E-state index in [0.717, 1.165) is 5.70 Å². The Balaban J connectivity index is 3.95. The molecule has 1 N–H and O–H groups in total. The molecule has 0 heterocycles. The van der Waals surface area contributed by atoms with Crippen molar-refractivity contribution in [2.24, 2.45) is 5.92 Å². The van der Waals surface area contributed by atoms with E-state index in [1.807, 2.05) is 27.7 Å². The van der Waals surface area contributed by atoms with Gasteiger partial charge in [-0.2, -0.15) is 0 Å². The normalized spacial score (nSPS) is 10.7. The van der Waals surface area contributed by atoms with E-state index in [2.05, 4.69) is 6.58 Å². The van der Waals surface area contributed by atoms with Crippen LogP contribution >= 0.6 is 0 Å². The zero-order valence-corrected chi connectivity index (χ0v) is 7.26. The van der Waals surface area contributed by atoms with Gasteiger partial charge in [-0.05, 0) is 19.8 Å². The molecule has 0 aliphatic carbocycles. The Morgan fingerprint density at radius 2 is 1.70 bits per heavy atom. The molecule has 0 rings (SSSR count). The lowest BCUT2D eigenvalue weighted by molar-refractivity contribution is -0.0888. The molecule has 0 unspecified atom stereocenters. The zero-order valence-electron chi connectivity index (χ0n) is 7.26. The molecule has 60 valence electrons. The Morgan fingerprint density at radius 1 is 1.30 bits per heavy atom. The fourth-order valence-corrected chi connectivity index (χ4v) is 0.596. The predicted octanol–water partition coefficient (Wildman–Crippen LogP) is 2.26. The minimum absolute atomic E-state index is 0.120. The number of allylic oxidation sites excluding steroid dienone is 1. The van der Waals surface area contributed by atoms with E-state index >= 15 is 0 Å². The quantitative estimate of drug-likeness (QED) is 0.612. The van der Waals surface area contributed by atoms with Crippen LogP contribution in [0.4, 0.5) is 0 Å². The molecule has 0 bridgehead atoms. The van der Waals surface area contributed by atoms with Crippen molar-refractivity contribution in [1.82, 2.24) is 5.06 Å². The summed E-state index contributed by atoms with van der Waals surface area (Å²) in [6.45, 7) is 11.6. The van der Waals surface area contributed by atoms with E-state index in [1.54, 1.807) is 0 Å². The van der Waals surface area contributed by atoms with Gasteiger partial charge in [-0.3, -0.25) is 10.3 Å². The third-order valence-corrected chi connectivity index (χ3v) is 1.45. The average Bonchev–Trinajstić information content (AvgIpc) is 1.84. The fraction of sp³-hybridized carbons (Fsp3) is 0.750. The maximum atomic E-state index is 9.30. The summed E-state index contributed by atoms with van der Waals surface area (Å²) in [6, 6.07) is 0.120. The molecule has 0 saturated carbocycles. The Kier molecular flexibility index (Phi) is 3.43. The molecule has 0 aliphatic rings. The van der Waals surface area contributed by atoms with Gasteiger partial charge < -0.3 is 0 Å². The van der Waals surface area contributed by atoms with Crippen LogP contribution in [-0.4, -0.2) is 16.3 Å². The molecular weight excluding hydrogens is 126 g/mol. The molecule has 0 aromatic heterocycles. The van der Waals surface area contributed by atoms with E-state index in [0.29, 0.717) is 5.92 Å². The highest BCUT2D eigenvalue weighted by molar-refractivity contribution is 4.94. The third-order valence-electron chi connectivity index (χ3n) is 1.45. The van der Waals surface area contributed by atoms with Gasteiger partial charge in [0.1, 0.15) is 0 Å². The lowest BCUT2D eigenvalue weighted by Gasteiger charge is -2.25. The van der Waals surface area contributed by atoms with Crippen molar-refractivity contribution in [3.05, 3.63) is 12.3 Å². The lowest BCUT2D eigenvalue weighted by Crippen LogP contribution is -2.28. The van der Waals surface area contributed by atoms with Crippen molar-refractivity contribution < 1.29 is 5.21 Å². The van der Waals surface area contributed by atoms with Gasteiger partial charge in [-0.25, -0.2) is 0 Å².